The molecule has 1 saturated carbocycles. The second kappa shape index (κ2) is 4.72. The highest BCUT2D eigenvalue weighted by Crippen LogP contribution is 2.27. The lowest BCUT2D eigenvalue weighted by Gasteiger charge is -2.06. The molecular weight excluding hydrogens is 246 g/mol. The van der Waals surface area contributed by atoms with Gasteiger partial charge < -0.3 is 9.47 Å². The van der Waals surface area contributed by atoms with Crippen molar-refractivity contribution in [3.05, 3.63) is 34.7 Å². The summed E-state index contributed by atoms with van der Waals surface area (Å²) in [4.78, 5) is 21.6. The molecule has 0 bridgehead atoms. The van der Waals surface area contributed by atoms with Crippen LogP contribution in [-0.4, -0.2) is 28.2 Å². The topological polar surface area (TPSA) is 77.1 Å². The number of nitrogens with zero attached hydrogens (tertiary/aromatic N) is 2. The number of aromatic nitrogens is 3. The zero-order valence-corrected chi connectivity index (χ0v) is 10.4. The molecule has 0 atom stereocenters. The number of rotatable bonds is 4. The van der Waals surface area contributed by atoms with Gasteiger partial charge in [-0.15, -0.1) is 4.98 Å². The standard InChI is InChI=1S/C13H13N3O3/c1-18-13-15-11(14-12(17)16-13)8-2-4-9(5-3-8)19-10-6-7-10/h2-5,10H,6-7H2,1H3,(H,14,15,16,17). The number of methoxy groups -OCH3 is 1. The Kier molecular flexibility index (Phi) is 2.91. The summed E-state index contributed by atoms with van der Waals surface area (Å²) in [5.74, 6) is 1.25. The lowest BCUT2D eigenvalue weighted by molar-refractivity contribution is 0.303. The highest BCUT2D eigenvalue weighted by molar-refractivity contribution is 5.56. The molecule has 0 aliphatic heterocycles. The van der Waals surface area contributed by atoms with Crippen LogP contribution in [0.15, 0.2) is 29.1 Å². The molecule has 1 N–H and O–H groups in total. The van der Waals surface area contributed by atoms with Crippen molar-refractivity contribution in [3.8, 4) is 23.1 Å². The van der Waals surface area contributed by atoms with Crippen molar-refractivity contribution in [2.75, 3.05) is 7.11 Å². The Labute approximate surface area is 109 Å². The summed E-state index contributed by atoms with van der Waals surface area (Å²) in [7, 11) is 1.42. The number of ether oxygens (including phenoxy) is 2. The molecule has 3 rings (SSSR count). The molecule has 98 valence electrons. The van der Waals surface area contributed by atoms with Crippen molar-refractivity contribution in [2.45, 2.75) is 18.9 Å². The molecule has 1 aliphatic rings. The number of aromatic amines is 1. The summed E-state index contributed by atoms with van der Waals surface area (Å²) in [5, 5.41) is 0. The predicted octanol–water partition coefficient (Wildman–Crippen LogP) is 1.38. The fourth-order valence-corrected chi connectivity index (χ4v) is 1.66. The van der Waals surface area contributed by atoms with Gasteiger partial charge in [0.25, 0.3) is 0 Å². The van der Waals surface area contributed by atoms with E-state index in [0.717, 1.165) is 24.2 Å². The third kappa shape index (κ3) is 2.73. The monoisotopic (exact) mass is 259 g/mol. The third-order valence-corrected chi connectivity index (χ3v) is 2.77. The summed E-state index contributed by atoms with van der Waals surface area (Å²) in [6.45, 7) is 0. The number of hydrogen-bond donors (Lipinski definition) is 1. The van der Waals surface area contributed by atoms with Gasteiger partial charge in [-0.3, -0.25) is 4.98 Å². The Hall–Kier alpha value is -2.37. The molecule has 6 nitrogen and oxygen atoms in total. The van der Waals surface area contributed by atoms with Crippen LogP contribution < -0.4 is 15.2 Å². The zero-order chi connectivity index (χ0) is 13.2. The van der Waals surface area contributed by atoms with Gasteiger partial charge in [0, 0.05) is 5.56 Å². The average Bonchev–Trinajstić information content (AvgIpc) is 3.23. The van der Waals surface area contributed by atoms with Gasteiger partial charge >= 0.3 is 11.7 Å². The highest BCUT2D eigenvalue weighted by atomic mass is 16.5. The van der Waals surface area contributed by atoms with Crippen LogP contribution in [0.3, 0.4) is 0 Å². The molecule has 19 heavy (non-hydrogen) atoms. The van der Waals surface area contributed by atoms with Crippen LogP contribution in [0.2, 0.25) is 0 Å². The first-order valence-corrected chi connectivity index (χ1v) is 6.04. The molecule has 1 aliphatic carbocycles. The van der Waals surface area contributed by atoms with Crippen molar-refractivity contribution in [3.63, 3.8) is 0 Å². The molecule has 1 heterocycles. The summed E-state index contributed by atoms with van der Waals surface area (Å²) in [6, 6.07) is 7.46. The molecule has 2 aromatic rings. The predicted molar refractivity (Wildman–Crippen MR) is 68.3 cm³/mol. The average molecular weight is 259 g/mol. The Morgan fingerprint density at radius 1 is 1.21 bits per heavy atom. The molecule has 0 saturated heterocycles. The van der Waals surface area contributed by atoms with Crippen LogP contribution in [0.25, 0.3) is 11.4 Å². The quantitative estimate of drug-likeness (QED) is 0.897. The van der Waals surface area contributed by atoms with Gasteiger partial charge in [-0.2, -0.15) is 4.98 Å². The van der Waals surface area contributed by atoms with E-state index in [-0.39, 0.29) is 6.01 Å². The maximum atomic E-state index is 11.4. The molecule has 0 unspecified atom stereocenters. The van der Waals surface area contributed by atoms with Crippen LogP contribution in [0.4, 0.5) is 0 Å². The van der Waals surface area contributed by atoms with E-state index in [1.54, 1.807) is 0 Å². The smallest absolute Gasteiger partial charge is 0.351 e. The van der Waals surface area contributed by atoms with Gasteiger partial charge in [-0.05, 0) is 37.1 Å². The van der Waals surface area contributed by atoms with Crippen molar-refractivity contribution in [1.29, 1.82) is 0 Å². The van der Waals surface area contributed by atoms with Crippen LogP contribution in [-0.2, 0) is 0 Å². The van der Waals surface area contributed by atoms with Crippen LogP contribution >= 0.6 is 0 Å². The van der Waals surface area contributed by atoms with E-state index in [2.05, 4.69) is 15.0 Å². The fourth-order valence-electron chi connectivity index (χ4n) is 1.66. The first-order valence-electron chi connectivity index (χ1n) is 6.04. The Bertz CT molecular complexity index is 632. The lowest BCUT2D eigenvalue weighted by Crippen LogP contribution is -2.14. The van der Waals surface area contributed by atoms with E-state index in [4.69, 9.17) is 9.47 Å². The van der Waals surface area contributed by atoms with E-state index >= 15 is 0 Å². The lowest BCUT2D eigenvalue weighted by atomic mass is 10.2. The molecule has 0 spiro atoms. The number of H-pyrrole nitrogens is 1. The summed E-state index contributed by atoms with van der Waals surface area (Å²) < 4.78 is 10.5. The first-order chi connectivity index (χ1) is 9.24. The second-order valence-corrected chi connectivity index (χ2v) is 4.33. The first kappa shape index (κ1) is 11.7. The Morgan fingerprint density at radius 3 is 2.58 bits per heavy atom. The fraction of sp³-hybridized carbons (Fsp3) is 0.308. The maximum Gasteiger partial charge on any atom is 0.351 e. The molecule has 0 amide bonds. The van der Waals surface area contributed by atoms with Crippen molar-refractivity contribution >= 4 is 0 Å². The molecule has 6 heteroatoms. The van der Waals surface area contributed by atoms with Crippen molar-refractivity contribution in [1.82, 2.24) is 15.0 Å². The summed E-state index contributed by atoms with van der Waals surface area (Å²) in [6.07, 6.45) is 2.61. The minimum absolute atomic E-state index is 0.0528. The largest absolute Gasteiger partial charge is 0.490 e. The van der Waals surface area contributed by atoms with Crippen molar-refractivity contribution in [2.24, 2.45) is 0 Å². The molecule has 1 aromatic carbocycles. The van der Waals surface area contributed by atoms with Crippen LogP contribution in [0.1, 0.15) is 12.8 Å². The zero-order valence-electron chi connectivity index (χ0n) is 10.4. The van der Waals surface area contributed by atoms with E-state index in [9.17, 15) is 4.79 Å². The number of hydrogen-bond acceptors (Lipinski definition) is 5. The van der Waals surface area contributed by atoms with E-state index in [1.807, 2.05) is 24.3 Å². The highest BCUT2D eigenvalue weighted by Gasteiger charge is 2.23. The normalized spacial score (nSPS) is 14.2. The Balaban J connectivity index is 1.88. The maximum absolute atomic E-state index is 11.4. The van der Waals surface area contributed by atoms with E-state index in [0.29, 0.717) is 11.9 Å². The molecular formula is C13H13N3O3. The summed E-state index contributed by atoms with van der Waals surface area (Å²) >= 11 is 0. The van der Waals surface area contributed by atoms with Crippen LogP contribution in [0, 0.1) is 0 Å². The second-order valence-electron chi connectivity index (χ2n) is 4.33. The van der Waals surface area contributed by atoms with Gasteiger partial charge in [0.1, 0.15) is 11.6 Å². The van der Waals surface area contributed by atoms with Gasteiger partial charge in [0.2, 0.25) is 0 Å². The number of benzene rings is 1. The van der Waals surface area contributed by atoms with Crippen LogP contribution in [0.5, 0.6) is 11.8 Å². The van der Waals surface area contributed by atoms with Gasteiger partial charge in [-0.1, -0.05) is 0 Å². The molecule has 1 aromatic heterocycles. The molecule has 0 radical (unpaired) electrons. The molecule has 1 fully saturated rings. The van der Waals surface area contributed by atoms with E-state index in [1.165, 1.54) is 7.11 Å². The minimum atomic E-state index is -0.486. The minimum Gasteiger partial charge on any atom is -0.490 e. The Morgan fingerprint density at radius 2 is 1.95 bits per heavy atom. The summed E-state index contributed by atoms with van der Waals surface area (Å²) in [5.41, 5.74) is 0.293. The third-order valence-electron chi connectivity index (χ3n) is 2.77. The van der Waals surface area contributed by atoms with Gasteiger partial charge in [0.05, 0.1) is 13.2 Å². The van der Waals surface area contributed by atoms with E-state index < -0.39 is 5.69 Å². The SMILES string of the molecule is COc1nc(-c2ccc(OC3CC3)cc2)[nH]c(=O)n1. The van der Waals surface area contributed by atoms with Gasteiger partial charge in [-0.25, -0.2) is 4.79 Å². The number of nitrogens with one attached hydrogen (secondary N) is 1. The van der Waals surface area contributed by atoms with Crippen molar-refractivity contribution < 1.29 is 9.47 Å². The van der Waals surface area contributed by atoms with Gasteiger partial charge in [0.15, 0.2) is 0 Å².